The molecule has 0 bridgehead atoms. The Kier molecular flexibility index (Phi) is 4.07. The standard InChI is InChI=1S/C13H14N2O2S/c1-9-4-6-18-12(9)11(16)8-15-13(17)10-3-2-5-14-7-10/h2-7,11,16H,8H2,1H3,(H,15,17)/t11-/m1/s1. The molecular formula is C13H14N2O2S. The van der Waals surface area contributed by atoms with Crippen LogP contribution in [0.4, 0.5) is 0 Å². The molecule has 0 aliphatic heterocycles. The molecular weight excluding hydrogens is 248 g/mol. The third kappa shape index (κ3) is 2.94. The largest absolute Gasteiger partial charge is 0.386 e. The number of hydrogen-bond acceptors (Lipinski definition) is 4. The highest BCUT2D eigenvalue weighted by molar-refractivity contribution is 7.10. The fraction of sp³-hybridized carbons (Fsp3) is 0.231. The number of aromatic nitrogens is 1. The summed E-state index contributed by atoms with van der Waals surface area (Å²) < 4.78 is 0. The van der Waals surface area contributed by atoms with E-state index in [1.165, 1.54) is 17.5 Å². The van der Waals surface area contributed by atoms with Gasteiger partial charge in [-0.15, -0.1) is 11.3 Å². The van der Waals surface area contributed by atoms with Gasteiger partial charge in [0.2, 0.25) is 0 Å². The first-order valence-electron chi connectivity index (χ1n) is 5.59. The Morgan fingerprint density at radius 2 is 2.39 bits per heavy atom. The number of carbonyl (C=O) groups excluding carboxylic acids is 1. The van der Waals surface area contributed by atoms with E-state index in [1.54, 1.807) is 18.3 Å². The highest BCUT2D eigenvalue weighted by atomic mass is 32.1. The normalized spacial score (nSPS) is 12.1. The minimum atomic E-state index is -0.661. The van der Waals surface area contributed by atoms with Crippen molar-refractivity contribution in [2.45, 2.75) is 13.0 Å². The van der Waals surface area contributed by atoms with E-state index in [4.69, 9.17) is 0 Å². The van der Waals surface area contributed by atoms with E-state index in [9.17, 15) is 9.90 Å². The van der Waals surface area contributed by atoms with Crippen LogP contribution >= 0.6 is 11.3 Å². The van der Waals surface area contributed by atoms with Gasteiger partial charge in [-0.25, -0.2) is 0 Å². The van der Waals surface area contributed by atoms with Gasteiger partial charge in [-0.05, 0) is 36.1 Å². The van der Waals surface area contributed by atoms with E-state index in [0.29, 0.717) is 5.56 Å². The van der Waals surface area contributed by atoms with Gasteiger partial charge in [-0.3, -0.25) is 9.78 Å². The zero-order valence-electron chi connectivity index (χ0n) is 9.96. The quantitative estimate of drug-likeness (QED) is 0.884. The van der Waals surface area contributed by atoms with Crippen LogP contribution in [0.2, 0.25) is 0 Å². The maximum atomic E-state index is 11.7. The fourth-order valence-electron chi connectivity index (χ4n) is 1.61. The second-order valence-electron chi connectivity index (χ2n) is 3.94. The molecule has 0 unspecified atom stereocenters. The molecule has 5 heteroatoms. The van der Waals surface area contributed by atoms with Crippen molar-refractivity contribution >= 4 is 17.2 Å². The maximum absolute atomic E-state index is 11.7. The lowest BCUT2D eigenvalue weighted by atomic mass is 10.2. The predicted octanol–water partition coefficient (Wildman–Crippen LogP) is 1.91. The van der Waals surface area contributed by atoms with E-state index < -0.39 is 6.10 Å². The molecule has 2 heterocycles. The summed E-state index contributed by atoms with van der Waals surface area (Å²) >= 11 is 1.49. The number of aryl methyl sites for hydroxylation is 1. The monoisotopic (exact) mass is 262 g/mol. The molecule has 2 aromatic rings. The summed E-state index contributed by atoms with van der Waals surface area (Å²) in [5, 5.41) is 14.6. The molecule has 0 radical (unpaired) electrons. The van der Waals surface area contributed by atoms with E-state index >= 15 is 0 Å². The molecule has 18 heavy (non-hydrogen) atoms. The van der Waals surface area contributed by atoms with Gasteiger partial charge in [-0.1, -0.05) is 0 Å². The zero-order valence-corrected chi connectivity index (χ0v) is 10.8. The van der Waals surface area contributed by atoms with E-state index in [-0.39, 0.29) is 12.5 Å². The van der Waals surface area contributed by atoms with Crippen molar-refractivity contribution in [3.05, 3.63) is 52.0 Å². The summed E-state index contributed by atoms with van der Waals surface area (Å²) in [6.45, 7) is 2.15. The molecule has 0 fully saturated rings. The van der Waals surface area contributed by atoms with Crippen LogP contribution in [0.3, 0.4) is 0 Å². The molecule has 2 N–H and O–H groups in total. The first kappa shape index (κ1) is 12.7. The Hall–Kier alpha value is -1.72. The average Bonchev–Trinajstić information content (AvgIpc) is 2.83. The Morgan fingerprint density at radius 3 is 3.00 bits per heavy atom. The fourth-order valence-corrected chi connectivity index (χ4v) is 2.52. The summed E-state index contributed by atoms with van der Waals surface area (Å²) in [5.41, 5.74) is 1.54. The highest BCUT2D eigenvalue weighted by Gasteiger charge is 2.13. The van der Waals surface area contributed by atoms with Gasteiger partial charge in [0.05, 0.1) is 5.56 Å². The lowest BCUT2D eigenvalue weighted by Crippen LogP contribution is -2.28. The molecule has 4 nitrogen and oxygen atoms in total. The van der Waals surface area contributed by atoms with Crippen molar-refractivity contribution in [1.29, 1.82) is 0 Å². The molecule has 2 aromatic heterocycles. The SMILES string of the molecule is Cc1ccsc1[C@H](O)CNC(=O)c1cccnc1. The average molecular weight is 262 g/mol. The molecule has 94 valence electrons. The number of aliphatic hydroxyl groups is 1. The zero-order chi connectivity index (χ0) is 13.0. The van der Waals surface area contributed by atoms with Crippen molar-refractivity contribution in [3.63, 3.8) is 0 Å². The number of thiophene rings is 1. The number of pyridine rings is 1. The summed E-state index contributed by atoms with van der Waals surface area (Å²) in [6, 6.07) is 5.34. The van der Waals surface area contributed by atoms with Crippen LogP contribution in [0.1, 0.15) is 26.9 Å². The second kappa shape index (κ2) is 5.75. The minimum Gasteiger partial charge on any atom is -0.386 e. The lowest BCUT2D eigenvalue weighted by Gasteiger charge is -2.11. The molecule has 0 saturated carbocycles. The number of hydrogen-bond donors (Lipinski definition) is 2. The Bertz CT molecular complexity index is 525. The predicted molar refractivity (Wildman–Crippen MR) is 70.6 cm³/mol. The van der Waals surface area contributed by atoms with Crippen LogP contribution < -0.4 is 5.32 Å². The van der Waals surface area contributed by atoms with Crippen LogP contribution in [-0.4, -0.2) is 22.5 Å². The van der Waals surface area contributed by atoms with Crippen molar-refractivity contribution in [3.8, 4) is 0 Å². The number of carbonyl (C=O) groups is 1. The number of nitrogens with zero attached hydrogens (tertiary/aromatic N) is 1. The van der Waals surface area contributed by atoms with E-state index in [1.807, 2.05) is 18.4 Å². The van der Waals surface area contributed by atoms with Gasteiger partial charge < -0.3 is 10.4 Å². The van der Waals surface area contributed by atoms with E-state index in [2.05, 4.69) is 10.3 Å². The Morgan fingerprint density at radius 1 is 1.56 bits per heavy atom. The van der Waals surface area contributed by atoms with Crippen molar-refractivity contribution in [1.82, 2.24) is 10.3 Å². The van der Waals surface area contributed by atoms with Gasteiger partial charge >= 0.3 is 0 Å². The van der Waals surface area contributed by atoms with Gasteiger partial charge in [0.25, 0.3) is 5.91 Å². The number of rotatable bonds is 4. The summed E-state index contributed by atoms with van der Waals surface area (Å²) in [7, 11) is 0. The van der Waals surface area contributed by atoms with Crippen LogP contribution in [-0.2, 0) is 0 Å². The van der Waals surface area contributed by atoms with Crippen LogP contribution in [0.25, 0.3) is 0 Å². The third-order valence-electron chi connectivity index (χ3n) is 2.58. The van der Waals surface area contributed by atoms with Crippen molar-refractivity contribution < 1.29 is 9.90 Å². The highest BCUT2D eigenvalue weighted by Crippen LogP contribution is 2.23. The Labute approximate surface area is 109 Å². The summed E-state index contributed by atoms with van der Waals surface area (Å²) in [5.74, 6) is -0.226. The third-order valence-corrected chi connectivity index (χ3v) is 3.70. The number of amides is 1. The topological polar surface area (TPSA) is 62.2 Å². The number of nitrogens with one attached hydrogen (secondary N) is 1. The molecule has 0 aromatic carbocycles. The molecule has 0 saturated heterocycles. The van der Waals surface area contributed by atoms with Crippen LogP contribution in [0, 0.1) is 6.92 Å². The molecule has 1 amide bonds. The molecule has 0 aliphatic rings. The van der Waals surface area contributed by atoms with Gasteiger partial charge in [0, 0.05) is 23.8 Å². The molecule has 0 aliphatic carbocycles. The first-order valence-corrected chi connectivity index (χ1v) is 6.46. The number of aliphatic hydroxyl groups excluding tert-OH is 1. The van der Waals surface area contributed by atoms with Gasteiger partial charge in [0.15, 0.2) is 0 Å². The first-order chi connectivity index (χ1) is 8.68. The molecule has 2 rings (SSSR count). The summed E-state index contributed by atoms with van der Waals surface area (Å²) in [4.78, 5) is 16.5. The molecule has 1 atom stereocenters. The second-order valence-corrected chi connectivity index (χ2v) is 4.88. The van der Waals surface area contributed by atoms with Crippen molar-refractivity contribution in [2.75, 3.05) is 6.54 Å². The van der Waals surface area contributed by atoms with Crippen molar-refractivity contribution in [2.24, 2.45) is 0 Å². The molecule has 0 spiro atoms. The minimum absolute atomic E-state index is 0.203. The lowest BCUT2D eigenvalue weighted by molar-refractivity contribution is 0.0917. The smallest absolute Gasteiger partial charge is 0.252 e. The van der Waals surface area contributed by atoms with Crippen LogP contribution in [0.5, 0.6) is 0 Å². The van der Waals surface area contributed by atoms with Crippen LogP contribution in [0.15, 0.2) is 36.0 Å². The Balaban J connectivity index is 1.93. The maximum Gasteiger partial charge on any atom is 0.252 e. The van der Waals surface area contributed by atoms with E-state index in [0.717, 1.165) is 10.4 Å². The van der Waals surface area contributed by atoms with Gasteiger partial charge in [-0.2, -0.15) is 0 Å². The van der Waals surface area contributed by atoms with Gasteiger partial charge in [0.1, 0.15) is 6.10 Å². The summed E-state index contributed by atoms with van der Waals surface area (Å²) in [6.07, 6.45) is 2.45.